The Bertz CT molecular complexity index is 583. The third-order valence-corrected chi connectivity index (χ3v) is 12.4. The molecule has 2 aliphatic carbocycles. The number of hydrogen-bond acceptors (Lipinski definition) is 4. The first-order valence-corrected chi connectivity index (χ1v) is 15.8. The zero-order valence-electron chi connectivity index (χ0n) is 21.3. The van der Waals surface area contributed by atoms with Gasteiger partial charge < -0.3 is 18.6 Å². The Balaban J connectivity index is 1.83. The molecule has 0 aromatic rings. The summed E-state index contributed by atoms with van der Waals surface area (Å²) in [4.78, 5) is 0. The van der Waals surface area contributed by atoms with Crippen LogP contribution in [0.1, 0.15) is 98.8 Å². The van der Waals surface area contributed by atoms with Gasteiger partial charge in [0, 0.05) is 0 Å². The molecule has 4 nitrogen and oxygen atoms in total. The van der Waals surface area contributed by atoms with Crippen molar-refractivity contribution in [1.82, 2.24) is 0 Å². The van der Waals surface area contributed by atoms with Crippen LogP contribution in [0.5, 0.6) is 0 Å². The fourth-order valence-electron chi connectivity index (χ4n) is 5.05. The maximum atomic E-state index is 6.97. The molecule has 1 aliphatic heterocycles. The quantitative estimate of drug-likeness (QED) is 0.294. The van der Waals surface area contributed by atoms with Crippen LogP contribution in [0.25, 0.3) is 0 Å². The molecule has 3 aliphatic rings. The summed E-state index contributed by atoms with van der Waals surface area (Å²) in [6.45, 7) is 16.2. The monoisotopic (exact) mass is 450 g/mol. The molecule has 0 N–H and O–H groups in total. The highest BCUT2D eigenvalue weighted by molar-refractivity contribution is 6.74. The molecule has 3 rings (SSSR count). The molecule has 0 unspecified atom stereocenters. The van der Waals surface area contributed by atoms with Gasteiger partial charge in [-0.15, -0.1) is 0 Å². The van der Waals surface area contributed by atoms with E-state index in [0.717, 1.165) is 5.76 Å². The SMILES string of the molecule is CC1(C)OC[C@@H](/C(=C/O[Si](C)(C)C(C)(C)C)OB(C2CCCCC2)C2CCCCC2)O1. The average molecular weight is 451 g/mol. The standard InChI is InChI=1S/C25H47BO4Si/c1-24(2,3)31(6,7)28-19-23(22-18-27-25(4,5)29-22)30-26(20-14-10-8-11-15-20)21-16-12-9-13-17-21/h19-22H,8-18H2,1-7H3/b23-19-/t22-/m0/s1. The van der Waals surface area contributed by atoms with Crippen LogP contribution in [0.4, 0.5) is 0 Å². The van der Waals surface area contributed by atoms with Crippen molar-refractivity contribution in [1.29, 1.82) is 0 Å². The van der Waals surface area contributed by atoms with Crippen molar-refractivity contribution < 1.29 is 18.6 Å². The van der Waals surface area contributed by atoms with E-state index in [0.29, 0.717) is 18.2 Å². The molecule has 0 amide bonds. The first-order valence-electron chi connectivity index (χ1n) is 12.8. The zero-order valence-corrected chi connectivity index (χ0v) is 22.3. The van der Waals surface area contributed by atoms with Crippen LogP contribution >= 0.6 is 0 Å². The van der Waals surface area contributed by atoms with Gasteiger partial charge in [-0.05, 0) is 43.6 Å². The van der Waals surface area contributed by atoms with Crippen molar-refractivity contribution in [2.75, 3.05) is 6.61 Å². The Morgan fingerprint density at radius 1 is 0.935 bits per heavy atom. The van der Waals surface area contributed by atoms with E-state index in [4.69, 9.17) is 18.6 Å². The second-order valence-electron chi connectivity index (χ2n) is 12.1. The molecule has 1 saturated heterocycles. The van der Waals surface area contributed by atoms with Gasteiger partial charge in [-0.3, -0.25) is 0 Å². The third kappa shape index (κ3) is 6.77. The molecule has 0 aromatic heterocycles. The van der Waals surface area contributed by atoms with Gasteiger partial charge in [-0.25, -0.2) is 0 Å². The predicted molar refractivity (Wildman–Crippen MR) is 132 cm³/mol. The number of hydrogen-bond donors (Lipinski definition) is 0. The van der Waals surface area contributed by atoms with E-state index >= 15 is 0 Å². The molecule has 31 heavy (non-hydrogen) atoms. The molecule has 3 fully saturated rings. The molecule has 6 heteroatoms. The smallest absolute Gasteiger partial charge is 0.363 e. The summed E-state index contributed by atoms with van der Waals surface area (Å²) >= 11 is 0. The maximum Gasteiger partial charge on any atom is 0.363 e. The molecule has 1 heterocycles. The van der Waals surface area contributed by atoms with Gasteiger partial charge in [0.1, 0.15) is 18.1 Å². The minimum atomic E-state index is -1.94. The summed E-state index contributed by atoms with van der Waals surface area (Å²) in [6, 6.07) is 0. The fourth-order valence-corrected chi connectivity index (χ4v) is 5.81. The van der Waals surface area contributed by atoms with Crippen molar-refractivity contribution in [2.45, 2.75) is 140 Å². The average Bonchev–Trinajstić information content (AvgIpc) is 3.08. The summed E-state index contributed by atoms with van der Waals surface area (Å²) in [5.41, 5.74) is 0. The van der Waals surface area contributed by atoms with Gasteiger partial charge in [0.15, 0.2) is 5.79 Å². The highest BCUT2D eigenvalue weighted by Crippen LogP contribution is 2.44. The second-order valence-corrected chi connectivity index (χ2v) is 16.9. The van der Waals surface area contributed by atoms with E-state index < -0.39 is 14.1 Å². The lowest BCUT2D eigenvalue weighted by Gasteiger charge is -2.37. The van der Waals surface area contributed by atoms with Gasteiger partial charge >= 0.3 is 6.92 Å². The molecule has 0 bridgehead atoms. The first kappa shape index (κ1) is 25.2. The molecule has 1 atom stereocenters. The highest BCUT2D eigenvalue weighted by Gasteiger charge is 2.43. The summed E-state index contributed by atoms with van der Waals surface area (Å²) in [5.74, 6) is 1.60. The molecular formula is C25H47BO4Si. The lowest BCUT2D eigenvalue weighted by atomic mass is 9.41. The van der Waals surface area contributed by atoms with Gasteiger partial charge in [-0.2, -0.15) is 0 Å². The lowest BCUT2D eigenvalue weighted by Crippen LogP contribution is -2.40. The minimum Gasteiger partial charge on any atom is -0.559 e. The Morgan fingerprint density at radius 2 is 1.45 bits per heavy atom. The summed E-state index contributed by atoms with van der Waals surface area (Å²) in [7, 11) is -1.94. The normalized spacial score (nSPS) is 26.7. The van der Waals surface area contributed by atoms with E-state index in [1.54, 1.807) is 0 Å². The van der Waals surface area contributed by atoms with Crippen molar-refractivity contribution in [2.24, 2.45) is 0 Å². The van der Waals surface area contributed by atoms with Crippen LogP contribution < -0.4 is 0 Å². The zero-order chi connectivity index (χ0) is 22.7. The van der Waals surface area contributed by atoms with Crippen molar-refractivity contribution in [3.05, 3.63) is 12.0 Å². The van der Waals surface area contributed by atoms with E-state index in [1.165, 1.54) is 64.2 Å². The lowest BCUT2D eigenvalue weighted by molar-refractivity contribution is -0.137. The largest absolute Gasteiger partial charge is 0.559 e. The molecule has 178 valence electrons. The summed E-state index contributed by atoms with van der Waals surface area (Å²) < 4.78 is 25.7. The highest BCUT2D eigenvalue weighted by atomic mass is 28.4. The van der Waals surface area contributed by atoms with Crippen LogP contribution in [0, 0.1) is 0 Å². The summed E-state index contributed by atoms with van der Waals surface area (Å²) in [5, 5.41) is 0.146. The Kier molecular flexibility index (Phi) is 8.29. The van der Waals surface area contributed by atoms with Gasteiger partial charge in [0.2, 0.25) is 8.32 Å². The van der Waals surface area contributed by atoms with E-state index in [-0.39, 0.29) is 18.1 Å². The molecule has 0 aromatic carbocycles. The maximum absolute atomic E-state index is 6.97. The predicted octanol–water partition coefficient (Wildman–Crippen LogP) is 7.68. The van der Waals surface area contributed by atoms with E-state index in [1.807, 2.05) is 20.1 Å². The minimum absolute atomic E-state index is 0.146. The van der Waals surface area contributed by atoms with E-state index in [2.05, 4.69) is 33.9 Å². The van der Waals surface area contributed by atoms with Crippen molar-refractivity contribution in [3.8, 4) is 0 Å². The Morgan fingerprint density at radius 3 is 1.87 bits per heavy atom. The molecule has 2 saturated carbocycles. The number of ether oxygens (including phenoxy) is 2. The van der Waals surface area contributed by atoms with Crippen LogP contribution in [-0.2, 0) is 18.6 Å². The fraction of sp³-hybridized carbons (Fsp3) is 0.920. The van der Waals surface area contributed by atoms with Gasteiger partial charge in [0.25, 0.3) is 0 Å². The molecule has 0 radical (unpaired) electrons. The molecular weight excluding hydrogens is 403 g/mol. The topological polar surface area (TPSA) is 36.9 Å². The third-order valence-electron chi connectivity index (χ3n) is 8.10. The van der Waals surface area contributed by atoms with Crippen molar-refractivity contribution >= 4 is 15.2 Å². The van der Waals surface area contributed by atoms with Crippen LogP contribution in [-0.4, -0.2) is 33.7 Å². The Labute approximate surface area is 193 Å². The van der Waals surface area contributed by atoms with E-state index in [9.17, 15) is 0 Å². The van der Waals surface area contributed by atoms with Crippen LogP contribution in [0.3, 0.4) is 0 Å². The van der Waals surface area contributed by atoms with Crippen LogP contribution in [0.2, 0.25) is 29.8 Å². The second kappa shape index (κ2) is 10.2. The Hall–Kier alpha value is -0.458. The first-order chi connectivity index (χ1) is 14.5. The summed E-state index contributed by atoms with van der Waals surface area (Å²) in [6.07, 6.45) is 15.0. The van der Waals surface area contributed by atoms with Gasteiger partial charge in [0.05, 0.1) is 6.61 Å². The van der Waals surface area contributed by atoms with Crippen molar-refractivity contribution in [3.63, 3.8) is 0 Å². The van der Waals surface area contributed by atoms with Crippen LogP contribution in [0.15, 0.2) is 12.0 Å². The number of rotatable bonds is 7. The van der Waals surface area contributed by atoms with Gasteiger partial charge in [-0.1, -0.05) is 85.0 Å². The molecule has 0 spiro atoms.